The zero-order valence-electron chi connectivity index (χ0n) is 9.99. The SMILES string of the molecule is CCC(CC)NC(C)c1ccc(C(=O)O)o1. The first-order valence-electron chi connectivity index (χ1n) is 5.67. The van der Waals surface area contributed by atoms with Gasteiger partial charge in [-0.1, -0.05) is 13.8 Å². The highest BCUT2D eigenvalue weighted by Gasteiger charge is 2.15. The van der Waals surface area contributed by atoms with E-state index in [-0.39, 0.29) is 11.8 Å². The van der Waals surface area contributed by atoms with Crippen LogP contribution in [0.3, 0.4) is 0 Å². The van der Waals surface area contributed by atoms with Gasteiger partial charge in [0.05, 0.1) is 6.04 Å². The highest BCUT2D eigenvalue weighted by atomic mass is 16.4. The Morgan fingerprint density at radius 1 is 1.44 bits per heavy atom. The molecular formula is C12H19NO3. The zero-order valence-corrected chi connectivity index (χ0v) is 9.99. The summed E-state index contributed by atoms with van der Waals surface area (Å²) in [7, 11) is 0. The molecule has 0 aliphatic carbocycles. The van der Waals surface area contributed by atoms with Crippen LogP contribution in [0.4, 0.5) is 0 Å². The monoisotopic (exact) mass is 225 g/mol. The number of hydrogen-bond donors (Lipinski definition) is 2. The van der Waals surface area contributed by atoms with Crippen molar-refractivity contribution in [3.05, 3.63) is 23.7 Å². The van der Waals surface area contributed by atoms with Crippen LogP contribution in [0, 0.1) is 0 Å². The Labute approximate surface area is 95.7 Å². The quantitative estimate of drug-likeness (QED) is 0.781. The van der Waals surface area contributed by atoms with Gasteiger partial charge >= 0.3 is 5.97 Å². The molecule has 1 rings (SSSR count). The molecule has 0 aliphatic rings. The van der Waals surface area contributed by atoms with Crippen LogP contribution in [0.5, 0.6) is 0 Å². The van der Waals surface area contributed by atoms with E-state index in [0.717, 1.165) is 12.8 Å². The minimum Gasteiger partial charge on any atom is -0.475 e. The van der Waals surface area contributed by atoms with E-state index in [0.29, 0.717) is 11.8 Å². The van der Waals surface area contributed by atoms with Crippen molar-refractivity contribution < 1.29 is 14.3 Å². The molecule has 16 heavy (non-hydrogen) atoms. The Morgan fingerprint density at radius 3 is 2.50 bits per heavy atom. The van der Waals surface area contributed by atoms with Gasteiger partial charge in [-0.25, -0.2) is 4.79 Å². The number of aromatic carboxylic acids is 1. The maximum absolute atomic E-state index is 10.7. The van der Waals surface area contributed by atoms with Gasteiger partial charge in [0, 0.05) is 6.04 Å². The number of nitrogens with one attached hydrogen (secondary N) is 1. The van der Waals surface area contributed by atoms with Crippen LogP contribution in [0.15, 0.2) is 16.5 Å². The van der Waals surface area contributed by atoms with Crippen molar-refractivity contribution in [2.45, 2.75) is 45.7 Å². The molecule has 1 aromatic heterocycles. The summed E-state index contributed by atoms with van der Waals surface area (Å²) in [5.41, 5.74) is 0. The summed E-state index contributed by atoms with van der Waals surface area (Å²) in [5, 5.41) is 12.1. The lowest BCUT2D eigenvalue weighted by Gasteiger charge is -2.19. The largest absolute Gasteiger partial charge is 0.475 e. The van der Waals surface area contributed by atoms with Gasteiger partial charge in [-0.3, -0.25) is 0 Å². The third-order valence-electron chi connectivity index (χ3n) is 2.74. The van der Waals surface area contributed by atoms with Crippen LogP contribution in [0.25, 0.3) is 0 Å². The van der Waals surface area contributed by atoms with Gasteiger partial charge in [-0.05, 0) is 31.9 Å². The van der Waals surface area contributed by atoms with Crippen molar-refractivity contribution in [3.63, 3.8) is 0 Å². The van der Waals surface area contributed by atoms with E-state index in [9.17, 15) is 4.79 Å². The Bertz CT molecular complexity index is 342. The van der Waals surface area contributed by atoms with Crippen molar-refractivity contribution in [3.8, 4) is 0 Å². The fourth-order valence-corrected chi connectivity index (χ4v) is 1.66. The topological polar surface area (TPSA) is 62.5 Å². The van der Waals surface area contributed by atoms with Crippen molar-refractivity contribution >= 4 is 5.97 Å². The summed E-state index contributed by atoms with van der Waals surface area (Å²) < 4.78 is 5.23. The Balaban J connectivity index is 2.65. The molecule has 2 N–H and O–H groups in total. The minimum absolute atomic E-state index is 0.00630. The number of carbonyl (C=O) groups is 1. The first kappa shape index (κ1) is 12.8. The average molecular weight is 225 g/mol. The van der Waals surface area contributed by atoms with Gasteiger partial charge in [0.2, 0.25) is 5.76 Å². The average Bonchev–Trinajstić information content (AvgIpc) is 2.74. The lowest BCUT2D eigenvalue weighted by molar-refractivity contribution is 0.0659. The van der Waals surface area contributed by atoms with Crippen molar-refractivity contribution in [1.82, 2.24) is 5.32 Å². The molecule has 0 saturated heterocycles. The van der Waals surface area contributed by atoms with E-state index in [4.69, 9.17) is 9.52 Å². The van der Waals surface area contributed by atoms with Crippen molar-refractivity contribution in [2.24, 2.45) is 0 Å². The van der Waals surface area contributed by atoms with E-state index < -0.39 is 5.97 Å². The van der Waals surface area contributed by atoms with E-state index in [2.05, 4.69) is 19.2 Å². The highest BCUT2D eigenvalue weighted by molar-refractivity contribution is 5.84. The summed E-state index contributed by atoms with van der Waals surface area (Å²) in [6, 6.07) is 3.68. The molecular weight excluding hydrogens is 206 g/mol. The van der Waals surface area contributed by atoms with Gasteiger partial charge in [0.15, 0.2) is 0 Å². The maximum atomic E-state index is 10.7. The Kier molecular flexibility index (Phi) is 4.55. The smallest absolute Gasteiger partial charge is 0.371 e. The summed E-state index contributed by atoms with van der Waals surface area (Å²) in [5.74, 6) is -0.363. The van der Waals surface area contributed by atoms with Gasteiger partial charge in [-0.2, -0.15) is 0 Å². The van der Waals surface area contributed by atoms with Crippen LogP contribution < -0.4 is 5.32 Å². The van der Waals surface area contributed by atoms with Crippen LogP contribution in [-0.2, 0) is 0 Å². The molecule has 1 aromatic rings. The van der Waals surface area contributed by atoms with E-state index in [1.165, 1.54) is 6.07 Å². The fourth-order valence-electron chi connectivity index (χ4n) is 1.66. The Hall–Kier alpha value is -1.29. The van der Waals surface area contributed by atoms with Crippen molar-refractivity contribution in [2.75, 3.05) is 0 Å². The van der Waals surface area contributed by atoms with Gasteiger partial charge in [0.1, 0.15) is 5.76 Å². The first-order valence-corrected chi connectivity index (χ1v) is 5.67. The fraction of sp³-hybridized carbons (Fsp3) is 0.583. The first-order chi connectivity index (χ1) is 7.58. The molecule has 0 saturated carbocycles. The third-order valence-corrected chi connectivity index (χ3v) is 2.74. The van der Waals surface area contributed by atoms with Gasteiger partial charge in [0.25, 0.3) is 0 Å². The predicted octanol–water partition coefficient (Wildman–Crippen LogP) is 2.82. The lowest BCUT2D eigenvalue weighted by Crippen LogP contribution is -2.30. The summed E-state index contributed by atoms with van der Waals surface area (Å²) >= 11 is 0. The van der Waals surface area contributed by atoms with Crippen molar-refractivity contribution in [1.29, 1.82) is 0 Å². The number of carboxylic acid groups (broad SMARTS) is 1. The van der Waals surface area contributed by atoms with Crippen LogP contribution >= 0.6 is 0 Å². The second-order valence-corrected chi connectivity index (χ2v) is 3.91. The second kappa shape index (κ2) is 5.70. The van der Waals surface area contributed by atoms with Gasteiger partial charge < -0.3 is 14.8 Å². The number of hydrogen-bond acceptors (Lipinski definition) is 3. The molecule has 0 amide bonds. The lowest BCUT2D eigenvalue weighted by atomic mass is 10.1. The van der Waals surface area contributed by atoms with E-state index >= 15 is 0 Å². The molecule has 1 unspecified atom stereocenters. The number of rotatable bonds is 6. The summed E-state index contributed by atoms with van der Waals surface area (Å²) in [4.78, 5) is 10.7. The van der Waals surface area contributed by atoms with Gasteiger partial charge in [-0.15, -0.1) is 0 Å². The molecule has 0 bridgehead atoms. The zero-order chi connectivity index (χ0) is 12.1. The number of carboxylic acids is 1. The molecule has 1 atom stereocenters. The molecule has 0 aromatic carbocycles. The summed E-state index contributed by atoms with van der Waals surface area (Å²) in [6.45, 7) is 6.22. The Morgan fingerprint density at radius 2 is 2.06 bits per heavy atom. The maximum Gasteiger partial charge on any atom is 0.371 e. The molecule has 4 nitrogen and oxygen atoms in total. The second-order valence-electron chi connectivity index (χ2n) is 3.91. The predicted molar refractivity (Wildman–Crippen MR) is 61.6 cm³/mol. The minimum atomic E-state index is -1.03. The summed E-state index contributed by atoms with van der Waals surface area (Å²) in [6.07, 6.45) is 2.10. The normalized spacial score (nSPS) is 13.0. The standard InChI is InChI=1S/C12H19NO3/c1-4-9(5-2)13-8(3)10-6-7-11(16-10)12(14)15/h6-9,13H,4-5H2,1-3H3,(H,14,15). The molecule has 0 spiro atoms. The molecule has 4 heteroatoms. The number of furan rings is 1. The molecule has 0 fully saturated rings. The van der Waals surface area contributed by atoms with E-state index in [1.54, 1.807) is 6.07 Å². The molecule has 0 aliphatic heterocycles. The molecule has 0 radical (unpaired) electrons. The highest BCUT2D eigenvalue weighted by Crippen LogP contribution is 2.17. The van der Waals surface area contributed by atoms with E-state index in [1.807, 2.05) is 6.92 Å². The van der Waals surface area contributed by atoms with Crippen LogP contribution in [0.1, 0.15) is 56.0 Å². The van der Waals surface area contributed by atoms with Crippen LogP contribution in [0.2, 0.25) is 0 Å². The third kappa shape index (κ3) is 3.10. The molecule has 90 valence electrons. The molecule has 1 heterocycles. The van der Waals surface area contributed by atoms with Crippen LogP contribution in [-0.4, -0.2) is 17.1 Å².